The van der Waals surface area contributed by atoms with Crippen molar-refractivity contribution in [2.24, 2.45) is 0 Å². The van der Waals surface area contributed by atoms with Gasteiger partial charge in [0.25, 0.3) is 11.8 Å². The zero-order chi connectivity index (χ0) is 21.2. The maximum absolute atomic E-state index is 12.6. The van der Waals surface area contributed by atoms with Gasteiger partial charge in [-0.3, -0.25) is 9.59 Å². The Balaban J connectivity index is 2.02. The molecule has 0 aliphatic carbocycles. The number of nitrogens with one attached hydrogen (secondary N) is 2. The first-order valence-electron chi connectivity index (χ1n) is 10.4. The van der Waals surface area contributed by atoms with Gasteiger partial charge in [0, 0.05) is 17.8 Å². The number of para-hydroxylation sites is 1. The summed E-state index contributed by atoms with van der Waals surface area (Å²) in [5.41, 5.74) is 2.19. The molecule has 0 spiro atoms. The second-order valence-electron chi connectivity index (χ2n) is 7.29. The lowest BCUT2D eigenvalue weighted by molar-refractivity contribution is -0.122. The summed E-state index contributed by atoms with van der Waals surface area (Å²) in [5, 5.41) is 5.73. The van der Waals surface area contributed by atoms with Crippen LogP contribution in [-0.2, 0) is 4.79 Å². The Labute approximate surface area is 173 Å². The number of amides is 2. The fraction of sp³-hybridized carbons (Fsp3) is 0.417. The van der Waals surface area contributed by atoms with Gasteiger partial charge in [0.05, 0.1) is 0 Å². The van der Waals surface area contributed by atoms with Gasteiger partial charge in [-0.1, -0.05) is 51.5 Å². The van der Waals surface area contributed by atoms with Crippen molar-refractivity contribution in [3.8, 4) is 5.75 Å². The molecule has 0 aromatic heterocycles. The molecular weight excluding hydrogens is 364 g/mol. The van der Waals surface area contributed by atoms with Gasteiger partial charge in [-0.15, -0.1) is 0 Å². The number of anilines is 1. The van der Waals surface area contributed by atoms with Gasteiger partial charge < -0.3 is 15.4 Å². The Hall–Kier alpha value is -2.82. The van der Waals surface area contributed by atoms with Crippen LogP contribution < -0.4 is 15.4 Å². The second kappa shape index (κ2) is 11.2. The van der Waals surface area contributed by atoms with Gasteiger partial charge in [0.2, 0.25) is 0 Å². The Bertz CT molecular complexity index is 819. The molecule has 2 aromatic carbocycles. The quantitative estimate of drug-likeness (QED) is 0.547. The highest BCUT2D eigenvalue weighted by Crippen LogP contribution is 2.29. The van der Waals surface area contributed by atoms with Crippen molar-refractivity contribution in [1.29, 1.82) is 0 Å². The number of benzene rings is 2. The number of carbonyl (C=O) groups excluding carboxylic acids is 2. The monoisotopic (exact) mass is 396 g/mol. The van der Waals surface area contributed by atoms with Gasteiger partial charge in [0.1, 0.15) is 5.75 Å². The van der Waals surface area contributed by atoms with E-state index in [1.807, 2.05) is 24.3 Å². The lowest BCUT2D eigenvalue weighted by atomic mass is 9.98. The molecule has 2 unspecified atom stereocenters. The molecule has 29 heavy (non-hydrogen) atoms. The van der Waals surface area contributed by atoms with E-state index >= 15 is 0 Å². The van der Waals surface area contributed by atoms with Crippen molar-refractivity contribution in [1.82, 2.24) is 5.32 Å². The molecule has 2 atom stereocenters. The van der Waals surface area contributed by atoms with E-state index in [-0.39, 0.29) is 11.8 Å². The van der Waals surface area contributed by atoms with Gasteiger partial charge in [-0.05, 0) is 55.5 Å². The average molecular weight is 397 g/mol. The molecule has 2 amide bonds. The van der Waals surface area contributed by atoms with Crippen LogP contribution >= 0.6 is 0 Å². The predicted molar refractivity (Wildman–Crippen MR) is 118 cm³/mol. The standard InChI is InChI=1S/C24H32N2O3/c1-5-7-15-25-24(28)19-11-10-12-20(16-19)26-23(27)18(4)29-22-14-9-8-13-21(22)17(3)6-2/h8-14,16-18H,5-7,15H2,1-4H3,(H,25,28)(H,26,27). The molecule has 2 aromatic rings. The Morgan fingerprint density at radius 1 is 1.03 bits per heavy atom. The van der Waals surface area contributed by atoms with E-state index in [1.54, 1.807) is 31.2 Å². The van der Waals surface area contributed by atoms with E-state index in [2.05, 4.69) is 31.4 Å². The zero-order valence-corrected chi connectivity index (χ0v) is 17.8. The van der Waals surface area contributed by atoms with E-state index in [9.17, 15) is 9.59 Å². The third-order valence-electron chi connectivity index (χ3n) is 4.94. The van der Waals surface area contributed by atoms with Gasteiger partial charge in [0.15, 0.2) is 6.10 Å². The SMILES string of the molecule is CCCCNC(=O)c1cccc(NC(=O)C(C)Oc2ccccc2C(C)CC)c1. The zero-order valence-electron chi connectivity index (χ0n) is 17.8. The van der Waals surface area contributed by atoms with Crippen LogP contribution in [0.4, 0.5) is 5.69 Å². The maximum Gasteiger partial charge on any atom is 0.265 e. The summed E-state index contributed by atoms with van der Waals surface area (Å²) in [6.07, 6.45) is 2.29. The number of hydrogen-bond donors (Lipinski definition) is 2. The summed E-state index contributed by atoms with van der Waals surface area (Å²) in [6.45, 7) is 8.72. The molecule has 5 heteroatoms. The van der Waals surface area contributed by atoms with E-state index < -0.39 is 6.10 Å². The summed E-state index contributed by atoms with van der Waals surface area (Å²) < 4.78 is 5.95. The molecule has 0 heterocycles. The maximum atomic E-state index is 12.6. The van der Waals surface area contributed by atoms with Gasteiger partial charge >= 0.3 is 0 Å². The first-order valence-corrected chi connectivity index (χ1v) is 10.4. The van der Waals surface area contributed by atoms with Crippen LogP contribution in [0.3, 0.4) is 0 Å². The van der Waals surface area contributed by atoms with E-state index in [0.29, 0.717) is 23.7 Å². The molecule has 0 saturated carbocycles. The second-order valence-corrected chi connectivity index (χ2v) is 7.29. The summed E-state index contributed by atoms with van der Waals surface area (Å²) in [6, 6.07) is 14.8. The summed E-state index contributed by atoms with van der Waals surface area (Å²) >= 11 is 0. The van der Waals surface area contributed by atoms with E-state index in [1.165, 1.54) is 0 Å². The van der Waals surface area contributed by atoms with Crippen molar-refractivity contribution in [2.75, 3.05) is 11.9 Å². The van der Waals surface area contributed by atoms with Crippen LogP contribution in [0.15, 0.2) is 48.5 Å². The van der Waals surface area contributed by atoms with E-state index in [0.717, 1.165) is 30.6 Å². The summed E-state index contributed by atoms with van der Waals surface area (Å²) in [7, 11) is 0. The number of ether oxygens (including phenoxy) is 1. The minimum absolute atomic E-state index is 0.138. The molecule has 2 rings (SSSR count). The van der Waals surface area contributed by atoms with Gasteiger partial charge in [-0.25, -0.2) is 0 Å². The van der Waals surface area contributed by atoms with Crippen molar-refractivity contribution in [2.45, 2.75) is 59.0 Å². The molecule has 156 valence electrons. The molecule has 5 nitrogen and oxygen atoms in total. The number of carbonyl (C=O) groups is 2. The topological polar surface area (TPSA) is 67.4 Å². The molecule has 2 N–H and O–H groups in total. The molecule has 0 saturated heterocycles. The summed E-state index contributed by atoms with van der Waals surface area (Å²) in [5.74, 6) is 0.687. The third-order valence-corrected chi connectivity index (χ3v) is 4.94. The minimum Gasteiger partial charge on any atom is -0.481 e. The van der Waals surface area contributed by atoms with Crippen LogP contribution in [0.25, 0.3) is 0 Å². The summed E-state index contributed by atoms with van der Waals surface area (Å²) in [4.78, 5) is 24.8. The number of unbranched alkanes of at least 4 members (excludes halogenated alkanes) is 1. The lowest BCUT2D eigenvalue weighted by Crippen LogP contribution is -2.30. The van der Waals surface area contributed by atoms with Crippen LogP contribution in [0.5, 0.6) is 5.75 Å². The Kier molecular flexibility index (Phi) is 8.71. The Morgan fingerprint density at radius 3 is 2.52 bits per heavy atom. The van der Waals surface area contributed by atoms with Crippen LogP contribution in [0.1, 0.15) is 68.8 Å². The molecule has 0 bridgehead atoms. The highest BCUT2D eigenvalue weighted by molar-refractivity contribution is 5.98. The third kappa shape index (κ3) is 6.63. The first kappa shape index (κ1) is 22.5. The fourth-order valence-electron chi connectivity index (χ4n) is 2.92. The van der Waals surface area contributed by atoms with Crippen molar-refractivity contribution in [3.63, 3.8) is 0 Å². The molecule has 0 aliphatic rings. The molecule has 0 fully saturated rings. The molecule has 0 radical (unpaired) electrons. The fourth-order valence-corrected chi connectivity index (χ4v) is 2.92. The highest BCUT2D eigenvalue weighted by atomic mass is 16.5. The average Bonchev–Trinajstić information content (AvgIpc) is 2.73. The van der Waals surface area contributed by atoms with Crippen LogP contribution in [0, 0.1) is 0 Å². The largest absolute Gasteiger partial charge is 0.481 e. The number of rotatable bonds is 10. The van der Waals surface area contributed by atoms with Crippen LogP contribution in [0.2, 0.25) is 0 Å². The normalized spacial score (nSPS) is 12.7. The number of hydrogen-bond acceptors (Lipinski definition) is 3. The van der Waals surface area contributed by atoms with E-state index in [4.69, 9.17) is 4.74 Å². The van der Waals surface area contributed by atoms with Crippen molar-refractivity contribution < 1.29 is 14.3 Å². The minimum atomic E-state index is -0.665. The van der Waals surface area contributed by atoms with Crippen LogP contribution in [-0.4, -0.2) is 24.5 Å². The first-order chi connectivity index (χ1) is 14.0. The Morgan fingerprint density at radius 2 is 1.79 bits per heavy atom. The van der Waals surface area contributed by atoms with Crippen molar-refractivity contribution in [3.05, 3.63) is 59.7 Å². The molecule has 0 aliphatic heterocycles. The predicted octanol–water partition coefficient (Wildman–Crippen LogP) is 5.14. The highest BCUT2D eigenvalue weighted by Gasteiger charge is 2.18. The van der Waals surface area contributed by atoms with Crippen molar-refractivity contribution >= 4 is 17.5 Å². The smallest absolute Gasteiger partial charge is 0.265 e. The molecular formula is C24H32N2O3. The van der Waals surface area contributed by atoms with Gasteiger partial charge in [-0.2, -0.15) is 0 Å². The lowest BCUT2D eigenvalue weighted by Gasteiger charge is -2.19.